The van der Waals surface area contributed by atoms with Gasteiger partial charge in [0.1, 0.15) is 0 Å². The summed E-state index contributed by atoms with van der Waals surface area (Å²) in [6.45, 7) is 2.10. The molecule has 3 nitrogen and oxygen atoms in total. The molecule has 2 aromatic heterocycles. The molecule has 0 atom stereocenters. The summed E-state index contributed by atoms with van der Waals surface area (Å²) in [6.07, 6.45) is 3.68. The van der Waals surface area contributed by atoms with Crippen molar-refractivity contribution in [2.75, 3.05) is 0 Å². The van der Waals surface area contributed by atoms with Gasteiger partial charge in [0.05, 0.1) is 5.69 Å². The average molecular weight is 238 g/mol. The number of aromatic amines is 2. The molecule has 18 heavy (non-hydrogen) atoms. The van der Waals surface area contributed by atoms with Crippen LogP contribution in [0.5, 0.6) is 0 Å². The number of aromatic nitrogens is 2. The van der Waals surface area contributed by atoms with E-state index in [0.29, 0.717) is 5.69 Å². The number of fused-ring (bicyclic) bond motifs is 1. The highest BCUT2D eigenvalue weighted by molar-refractivity contribution is 5.86. The number of aryl methyl sites for hydroxylation is 1. The Kier molecular flexibility index (Phi) is 2.52. The van der Waals surface area contributed by atoms with E-state index in [0.717, 1.165) is 18.4 Å². The van der Waals surface area contributed by atoms with Crippen LogP contribution in [0.15, 0.2) is 36.5 Å². The fourth-order valence-electron chi connectivity index (χ4n) is 2.35. The van der Waals surface area contributed by atoms with Crippen LogP contribution in [0, 0.1) is 6.92 Å². The van der Waals surface area contributed by atoms with Gasteiger partial charge in [0.2, 0.25) is 0 Å². The van der Waals surface area contributed by atoms with E-state index in [1.54, 1.807) is 0 Å². The first-order valence-electron chi connectivity index (χ1n) is 5.96. The lowest BCUT2D eigenvalue weighted by Gasteiger charge is -1.99. The van der Waals surface area contributed by atoms with Crippen LogP contribution in [0.25, 0.3) is 10.9 Å². The van der Waals surface area contributed by atoms with Crippen LogP contribution in [-0.2, 0) is 6.42 Å². The second kappa shape index (κ2) is 4.18. The van der Waals surface area contributed by atoms with Crippen molar-refractivity contribution in [3.63, 3.8) is 0 Å². The van der Waals surface area contributed by atoms with Gasteiger partial charge < -0.3 is 9.97 Å². The number of carbonyl (C=O) groups excluding carboxylic acids is 1. The van der Waals surface area contributed by atoms with Gasteiger partial charge >= 0.3 is 0 Å². The van der Waals surface area contributed by atoms with E-state index in [-0.39, 0.29) is 0 Å². The largest absolute Gasteiger partial charge is 0.361 e. The van der Waals surface area contributed by atoms with Crippen molar-refractivity contribution in [2.45, 2.75) is 13.3 Å². The molecule has 3 heteroatoms. The first-order chi connectivity index (χ1) is 8.78. The highest BCUT2D eigenvalue weighted by Gasteiger charge is 2.07. The highest BCUT2D eigenvalue weighted by atomic mass is 16.1. The van der Waals surface area contributed by atoms with E-state index in [9.17, 15) is 4.79 Å². The molecule has 0 bridgehead atoms. The van der Waals surface area contributed by atoms with Crippen LogP contribution >= 0.6 is 0 Å². The molecule has 3 rings (SSSR count). The Bertz CT molecular complexity index is 706. The molecule has 0 spiro atoms. The van der Waals surface area contributed by atoms with E-state index in [2.05, 4.69) is 35.1 Å². The Balaban J connectivity index is 2.00. The Morgan fingerprint density at radius 3 is 2.89 bits per heavy atom. The van der Waals surface area contributed by atoms with Crippen LogP contribution in [-0.4, -0.2) is 16.3 Å². The minimum atomic E-state index is 0.626. The molecule has 0 saturated carbocycles. The minimum absolute atomic E-state index is 0.626. The zero-order valence-electron chi connectivity index (χ0n) is 10.2. The summed E-state index contributed by atoms with van der Waals surface area (Å²) in [4.78, 5) is 17.1. The summed E-state index contributed by atoms with van der Waals surface area (Å²) >= 11 is 0. The molecule has 2 heterocycles. The van der Waals surface area contributed by atoms with Crippen LogP contribution < -0.4 is 0 Å². The van der Waals surface area contributed by atoms with Crippen molar-refractivity contribution < 1.29 is 4.79 Å². The minimum Gasteiger partial charge on any atom is -0.361 e. The highest BCUT2D eigenvalue weighted by Crippen LogP contribution is 2.23. The quantitative estimate of drug-likeness (QED) is 0.676. The van der Waals surface area contributed by atoms with Crippen molar-refractivity contribution in [1.29, 1.82) is 0 Å². The summed E-state index contributed by atoms with van der Waals surface area (Å²) in [6, 6.07) is 10.1. The van der Waals surface area contributed by atoms with Crippen molar-refractivity contribution in [1.82, 2.24) is 9.97 Å². The Labute approximate surface area is 105 Å². The van der Waals surface area contributed by atoms with Gasteiger partial charge in [-0.15, -0.1) is 0 Å². The molecule has 1 aromatic carbocycles. The first kappa shape index (κ1) is 10.8. The van der Waals surface area contributed by atoms with Crippen LogP contribution in [0.3, 0.4) is 0 Å². The number of H-pyrrole nitrogens is 2. The summed E-state index contributed by atoms with van der Waals surface area (Å²) < 4.78 is 0. The number of carbonyl (C=O) groups is 1. The van der Waals surface area contributed by atoms with Gasteiger partial charge in [-0.3, -0.25) is 4.79 Å². The third-order valence-electron chi connectivity index (χ3n) is 3.29. The zero-order valence-corrected chi connectivity index (χ0v) is 10.2. The molecule has 0 saturated heterocycles. The normalized spacial score (nSPS) is 10.9. The lowest BCUT2D eigenvalue weighted by Crippen LogP contribution is -1.88. The van der Waals surface area contributed by atoms with Crippen molar-refractivity contribution in [2.24, 2.45) is 0 Å². The second-order valence-corrected chi connectivity index (χ2v) is 4.54. The van der Waals surface area contributed by atoms with E-state index in [1.807, 2.05) is 18.3 Å². The SMILES string of the molecule is Cc1cccc2c(Cc3ccc(C=O)[nH]3)c[nH]c12. The van der Waals surface area contributed by atoms with E-state index < -0.39 is 0 Å². The van der Waals surface area contributed by atoms with E-state index in [4.69, 9.17) is 0 Å². The predicted octanol–water partition coefficient (Wildman–Crippen LogP) is 3.21. The third-order valence-corrected chi connectivity index (χ3v) is 3.29. The van der Waals surface area contributed by atoms with Gasteiger partial charge in [0.15, 0.2) is 6.29 Å². The summed E-state index contributed by atoms with van der Waals surface area (Å²) in [5, 5.41) is 1.25. The molecular formula is C15H14N2O. The molecule has 90 valence electrons. The van der Waals surface area contributed by atoms with Crippen molar-refractivity contribution >= 4 is 17.2 Å². The number of aldehydes is 1. The molecule has 0 aliphatic heterocycles. The maximum absolute atomic E-state index is 10.6. The topological polar surface area (TPSA) is 48.6 Å². The maximum atomic E-state index is 10.6. The molecule has 0 amide bonds. The first-order valence-corrected chi connectivity index (χ1v) is 5.96. The monoisotopic (exact) mass is 238 g/mol. The molecule has 0 aliphatic carbocycles. The van der Waals surface area contributed by atoms with Gasteiger partial charge in [-0.25, -0.2) is 0 Å². The standard InChI is InChI=1S/C15H14N2O/c1-10-3-2-4-14-11(8-16-15(10)14)7-12-5-6-13(9-18)17-12/h2-6,8-9,16-17H,7H2,1H3. The van der Waals surface area contributed by atoms with Gasteiger partial charge in [-0.2, -0.15) is 0 Å². The van der Waals surface area contributed by atoms with Crippen molar-refractivity contribution in [3.05, 3.63) is 59.0 Å². The molecule has 0 unspecified atom stereocenters. The average Bonchev–Trinajstić information content (AvgIpc) is 2.98. The number of hydrogen-bond donors (Lipinski definition) is 2. The zero-order chi connectivity index (χ0) is 12.5. The summed E-state index contributed by atoms with van der Waals surface area (Å²) in [5.74, 6) is 0. The number of para-hydroxylation sites is 1. The number of benzene rings is 1. The molecule has 0 radical (unpaired) electrons. The Morgan fingerprint density at radius 2 is 2.11 bits per heavy atom. The lowest BCUT2D eigenvalue weighted by molar-refractivity contribution is 0.111. The molecule has 2 N–H and O–H groups in total. The van der Waals surface area contributed by atoms with Crippen molar-refractivity contribution in [3.8, 4) is 0 Å². The number of rotatable bonds is 3. The fourth-order valence-corrected chi connectivity index (χ4v) is 2.35. The molecule has 0 fully saturated rings. The van der Waals surface area contributed by atoms with E-state index in [1.165, 1.54) is 22.0 Å². The van der Waals surface area contributed by atoms with Crippen LogP contribution in [0.2, 0.25) is 0 Å². The summed E-state index contributed by atoms with van der Waals surface area (Å²) in [5.41, 5.74) is 5.36. The fraction of sp³-hybridized carbons (Fsp3) is 0.133. The Hall–Kier alpha value is -2.29. The van der Waals surface area contributed by atoms with Crippen LogP contribution in [0.4, 0.5) is 0 Å². The third kappa shape index (κ3) is 1.74. The van der Waals surface area contributed by atoms with Gasteiger partial charge in [-0.1, -0.05) is 18.2 Å². The van der Waals surface area contributed by atoms with Crippen LogP contribution in [0.1, 0.15) is 27.3 Å². The molecule has 3 aromatic rings. The smallest absolute Gasteiger partial charge is 0.166 e. The van der Waals surface area contributed by atoms with Gasteiger partial charge in [0, 0.05) is 29.2 Å². The molecule has 0 aliphatic rings. The summed E-state index contributed by atoms with van der Waals surface area (Å²) in [7, 11) is 0. The number of hydrogen-bond acceptors (Lipinski definition) is 1. The maximum Gasteiger partial charge on any atom is 0.166 e. The van der Waals surface area contributed by atoms with E-state index >= 15 is 0 Å². The van der Waals surface area contributed by atoms with Gasteiger partial charge in [-0.05, 0) is 30.2 Å². The van der Waals surface area contributed by atoms with Gasteiger partial charge in [0.25, 0.3) is 0 Å². The molecular weight excluding hydrogens is 224 g/mol. The lowest BCUT2D eigenvalue weighted by atomic mass is 10.1. The Morgan fingerprint density at radius 1 is 1.22 bits per heavy atom. The predicted molar refractivity (Wildman–Crippen MR) is 72.0 cm³/mol. The number of nitrogens with one attached hydrogen (secondary N) is 2. The second-order valence-electron chi connectivity index (χ2n) is 4.54.